The molecule has 0 aliphatic carbocycles. The summed E-state index contributed by atoms with van der Waals surface area (Å²) in [6.07, 6.45) is 4.18. The zero-order valence-electron chi connectivity index (χ0n) is 15.4. The molecule has 1 aromatic carbocycles. The summed E-state index contributed by atoms with van der Waals surface area (Å²) in [6.45, 7) is 7.98. The van der Waals surface area contributed by atoms with Gasteiger partial charge in [-0.25, -0.2) is 4.39 Å². The van der Waals surface area contributed by atoms with Crippen LogP contribution in [0.1, 0.15) is 33.6 Å². The average Bonchev–Trinajstić information content (AvgIpc) is 2.75. The number of pyridine rings is 1. The Morgan fingerprint density at radius 2 is 1.76 bits per heavy atom. The lowest BCUT2D eigenvalue weighted by Gasteiger charge is -2.40. The number of hydrogen-bond donors (Lipinski definition) is 0. The van der Waals surface area contributed by atoms with Crippen LogP contribution in [0.4, 0.5) is 10.1 Å². The molecule has 25 heavy (non-hydrogen) atoms. The lowest BCUT2D eigenvalue weighted by molar-refractivity contribution is 0.212. The molecular weight excluding hydrogens is 317 g/mol. The van der Waals surface area contributed by atoms with E-state index < -0.39 is 0 Å². The second-order valence-electron chi connectivity index (χ2n) is 8.50. The van der Waals surface area contributed by atoms with Crippen LogP contribution in [0.15, 0.2) is 29.2 Å². The summed E-state index contributed by atoms with van der Waals surface area (Å²) in [5, 5.41) is 0.454. The Hall–Kier alpha value is -1.88. The van der Waals surface area contributed by atoms with Gasteiger partial charge in [-0.3, -0.25) is 9.69 Å². The summed E-state index contributed by atoms with van der Waals surface area (Å²) in [4.78, 5) is 16.9. The number of aromatic nitrogens is 1. The van der Waals surface area contributed by atoms with Gasteiger partial charge in [0.2, 0.25) is 0 Å². The number of piperazine rings is 1. The van der Waals surface area contributed by atoms with Crippen LogP contribution in [0.5, 0.6) is 0 Å². The molecule has 0 N–H and O–H groups in total. The number of rotatable bonds is 1. The fourth-order valence-electron chi connectivity index (χ4n) is 4.40. The van der Waals surface area contributed by atoms with E-state index in [4.69, 9.17) is 0 Å². The molecule has 4 nitrogen and oxygen atoms in total. The predicted molar refractivity (Wildman–Crippen MR) is 99.9 cm³/mol. The molecule has 2 fully saturated rings. The maximum absolute atomic E-state index is 14.9. The Bertz CT molecular complexity index is 869. The smallest absolute Gasteiger partial charge is 0.189 e. The Morgan fingerprint density at radius 3 is 2.36 bits per heavy atom. The van der Waals surface area contributed by atoms with Crippen LogP contribution in [-0.2, 0) is 5.54 Å². The number of nitrogens with zero attached hydrogens (tertiary/aromatic N) is 3. The van der Waals surface area contributed by atoms with Gasteiger partial charge in [-0.05, 0) is 52.8 Å². The maximum Gasteiger partial charge on any atom is 0.189 e. The van der Waals surface area contributed by atoms with Crippen molar-refractivity contribution in [2.75, 3.05) is 25.0 Å². The fourth-order valence-corrected chi connectivity index (χ4v) is 4.40. The summed E-state index contributed by atoms with van der Waals surface area (Å²) >= 11 is 0. The normalized spacial score (nSPS) is 24.3. The average molecular weight is 343 g/mol. The highest BCUT2D eigenvalue weighted by Gasteiger charge is 2.38. The van der Waals surface area contributed by atoms with Crippen molar-refractivity contribution in [3.05, 3.63) is 40.4 Å². The van der Waals surface area contributed by atoms with Crippen LogP contribution in [-0.4, -0.2) is 41.7 Å². The van der Waals surface area contributed by atoms with Crippen molar-refractivity contribution in [1.82, 2.24) is 9.47 Å². The van der Waals surface area contributed by atoms with Gasteiger partial charge in [0.1, 0.15) is 5.82 Å². The Kier molecular flexibility index (Phi) is 3.69. The molecule has 2 bridgehead atoms. The molecule has 3 heterocycles. The van der Waals surface area contributed by atoms with Crippen molar-refractivity contribution in [1.29, 1.82) is 0 Å². The zero-order chi connectivity index (χ0) is 17.9. The lowest BCUT2D eigenvalue weighted by Crippen LogP contribution is -2.52. The first-order valence-corrected chi connectivity index (χ1v) is 9.08. The largest absolute Gasteiger partial charge is 0.366 e. The lowest BCUT2D eigenvalue weighted by atomic mass is 10.0. The van der Waals surface area contributed by atoms with Crippen molar-refractivity contribution < 1.29 is 4.39 Å². The highest BCUT2D eigenvalue weighted by molar-refractivity contribution is 5.83. The summed E-state index contributed by atoms with van der Waals surface area (Å²) in [5.74, 6) is -0.291. The molecule has 0 radical (unpaired) electrons. The van der Waals surface area contributed by atoms with Gasteiger partial charge in [0.25, 0.3) is 0 Å². The Balaban J connectivity index is 1.85. The number of benzene rings is 1. The molecule has 0 spiro atoms. The van der Waals surface area contributed by atoms with Crippen LogP contribution in [0.2, 0.25) is 0 Å². The van der Waals surface area contributed by atoms with Crippen LogP contribution < -0.4 is 10.3 Å². The van der Waals surface area contributed by atoms with Crippen molar-refractivity contribution in [3.63, 3.8) is 0 Å². The minimum atomic E-state index is -0.291. The fraction of sp³-hybridized carbons (Fsp3) is 0.550. The molecule has 2 aromatic rings. The van der Waals surface area contributed by atoms with E-state index in [1.54, 1.807) is 0 Å². The highest BCUT2D eigenvalue weighted by Crippen LogP contribution is 2.34. The first-order valence-electron chi connectivity index (χ1n) is 9.08. The Morgan fingerprint density at radius 1 is 1.12 bits per heavy atom. The van der Waals surface area contributed by atoms with Gasteiger partial charge in [0.05, 0.1) is 11.2 Å². The number of halogens is 1. The SMILES string of the molecule is CN1C2CCC1CN(c1cc3c(cc1F)c(=O)ccn3C(C)(C)C)C2. The summed E-state index contributed by atoms with van der Waals surface area (Å²) < 4.78 is 16.9. The molecule has 0 amide bonds. The van der Waals surface area contributed by atoms with Gasteiger partial charge < -0.3 is 9.47 Å². The summed E-state index contributed by atoms with van der Waals surface area (Å²) in [5.41, 5.74) is 1.13. The predicted octanol–water partition coefficient (Wildman–Crippen LogP) is 3.18. The van der Waals surface area contributed by atoms with Crippen LogP contribution in [0.25, 0.3) is 10.9 Å². The highest BCUT2D eigenvalue weighted by atomic mass is 19.1. The minimum absolute atomic E-state index is 0.126. The molecule has 4 rings (SSSR count). The third kappa shape index (κ3) is 2.65. The molecule has 2 aliphatic rings. The van der Waals surface area contributed by atoms with E-state index in [1.165, 1.54) is 25.0 Å². The second-order valence-corrected chi connectivity index (χ2v) is 8.50. The van der Waals surface area contributed by atoms with Gasteiger partial charge in [0, 0.05) is 48.4 Å². The third-order valence-corrected chi connectivity index (χ3v) is 5.88. The van der Waals surface area contributed by atoms with E-state index >= 15 is 0 Å². The third-order valence-electron chi connectivity index (χ3n) is 5.88. The number of anilines is 1. The molecule has 2 unspecified atom stereocenters. The van der Waals surface area contributed by atoms with Gasteiger partial charge in [-0.2, -0.15) is 0 Å². The topological polar surface area (TPSA) is 28.5 Å². The van der Waals surface area contributed by atoms with Gasteiger partial charge in [0.15, 0.2) is 5.43 Å². The molecule has 2 aliphatic heterocycles. The monoisotopic (exact) mass is 343 g/mol. The minimum Gasteiger partial charge on any atom is -0.366 e. The molecule has 1 aromatic heterocycles. The number of fused-ring (bicyclic) bond motifs is 3. The molecule has 2 atom stereocenters. The summed E-state index contributed by atoms with van der Waals surface area (Å²) in [6, 6.07) is 5.82. The van der Waals surface area contributed by atoms with E-state index in [2.05, 4.69) is 42.2 Å². The Labute approximate surface area is 147 Å². The maximum atomic E-state index is 14.9. The standard InChI is InChI=1S/C20H26FN3O/c1-20(2,3)24-8-7-19(25)15-9-16(21)18(10-17(15)24)23-11-13-5-6-14(12-23)22(13)4/h7-10,13-14H,5-6,11-12H2,1-4H3. The molecule has 2 saturated heterocycles. The summed E-state index contributed by atoms with van der Waals surface area (Å²) in [7, 11) is 2.17. The molecule has 134 valence electrons. The van der Waals surface area contributed by atoms with E-state index in [0.29, 0.717) is 23.2 Å². The second kappa shape index (κ2) is 5.56. The van der Waals surface area contributed by atoms with Crippen molar-refractivity contribution >= 4 is 16.6 Å². The van der Waals surface area contributed by atoms with Gasteiger partial charge in [-0.1, -0.05) is 0 Å². The van der Waals surface area contributed by atoms with Gasteiger partial charge in [-0.15, -0.1) is 0 Å². The molecular formula is C20H26FN3O. The number of likely N-dealkylation sites (N-methyl/N-ethyl adjacent to an activating group) is 1. The van der Waals surface area contributed by atoms with E-state index in [-0.39, 0.29) is 16.8 Å². The molecule has 0 saturated carbocycles. The number of hydrogen-bond acceptors (Lipinski definition) is 3. The van der Waals surface area contributed by atoms with Gasteiger partial charge >= 0.3 is 0 Å². The van der Waals surface area contributed by atoms with Crippen molar-refractivity contribution in [2.24, 2.45) is 0 Å². The van der Waals surface area contributed by atoms with E-state index in [1.807, 2.05) is 12.3 Å². The van der Waals surface area contributed by atoms with E-state index in [9.17, 15) is 9.18 Å². The molecule has 5 heteroatoms. The van der Waals surface area contributed by atoms with Crippen molar-refractivity contribution in [3.8, 4) is 0 Å². The first kappa shape index (κ1) is 16.6. The van der Waals surface area contributed by atoms with E-state index in [0.717, 1.165) is 18.6 Å². The zero-order valence-corrected chi connectivity index (χ0v) is 15.4. The van der Waals surface area contributed by atoms with Crippen LogP contribution in [0.3, 0.4) is 0 Å². The van der Waals surface area contributed by atoms with Crippen LogP contribution >= 0.6 is 0 Å². The quantitative estimate of drug-likeness (QED) is 0.796. The first-order chi connectivity index (χ1) is 11.8. The van der Waals surface area contributed by atoms with Crippen LogP contribution in [0, 0.1) is 5.82 Å². The van der Waals surface area contributed by atoms with Crippen molar-refractivity contribution in [2.45, 2.75) is 51.2 Å².